The van der Waals surface area contributed by atoms with Gasteiger partial charge in [-0.15, -0.1) is 0 Å². The molecule has 82 valence electrons. The molecule has 1 aromatic rings. The predicted octanol–water partition coefficient (Wildman–Crippen LogP) is 1.67. The first-order chi connectivity index (χ1) is 7.16. The Kier molecular flexibility index (Phi) is 3.03. The summed E-state index contributed by atoms with van der Waals surface area (Å²) in [7, 11) is 2.15. The first-order valence-electron chi connectivity index (χ1n) is 5.15. The maximum Gasteiger partial charge on any atom is 0.0656 e. The molecule has 0 bridgehead atoms. The summed E-state index contributed by atoms with van der Waals surface area (Å²) in [6, 6.07) is 5.85. The van der Waals surface area contributed by atoms with Crippen LogP contribution in [0.3, 0.4) is 0 Å². The van der Waals surface area contributed by atoms with Gasteiger partial charge in [-0.25, -0.2) is 0 Å². The van der Waals surface area contributed by atoms with Crippen molar-refractivity contribution in [1.82, 2.24) is 4.90 Å². The highest BCUT2D eigenvalue weighted by Gasteiger charge is 2.14. The molecule has 1 heterocycles. The molecule has 0 spiro atoms. The van der Waals surface area contributed by atoms with Gasteiger partial charge in [-0.1, -0.05) is 11.6 Å². The summed E-state index contributed by atoms with van der Waals surface area (Å²) in [5, 5.41) is 0.645. The molecule has 1 fully saturated rings. The zero-order valence-electron chi connectivity index (χ0n) is 8.91. The average molecular weight is 226 g/mol. The summed E-state index contributed by atoms with van der Waals surface area (Å²) in [6.45, 7) is 4.30. The smallest absolute Gasteiger partial charge is 0.0656 e. The lowest BCUT2D eigenvalue weighted by Crippen LogP contribution is -2.44. The fraction of sp³-hybridized carbons (Fsp3) is 0.455. The number of rotatable bonds is 1. The van der Waals surface area contributed by atoms with Crippen molar-refractivity contribution in [2.75, 3.05) is 43.9 Å². The van der Waals surface area contributed by atoms with Gasteiger partial charge in [-0.3, -0.25) is 0 Å². The van der Waals surface area contributed by atoms with Gasteiger partial charge >= 0.3 is 0 Å². The first kappa shape index (κ1) is 10.6. The van der Waals surface area contributed by atoms with Crippen molar-refractivity contribution in [3.63, 3.8) is 0 Å². The summed E-state index contributed by atoms with van der Waals surface area (Å²) < 4.78 is 0. The van der Waals surface area contributed by atoms with Gasteiger partial charge in [0.15, 0.2) is 0 Å². The minimum Gasteiger partial charge on any atom is -0.398 e. The Morgan fingerprint density at radius 2 is 1.87 bits per heavy atom. The highest BCUT2D eigenvalue weighted by molar-refractivity contribution is 6.33. The van der Waals surface area contributed by atoms with E-state index in [-0.39, 0.29) is 0 Å². The SMILES string of the molecule is CN1CCN(c2ccc(N)c(Cl)c2)CC1. The molecule has 0 radical (unpaired) electrons. The number of hydrogen-bond donors (Lipinski definition) is 1. The topological polar surface area (TPSA) is 32.5 Å². The van der Waals surface area contributed by atoms with Crippen LogP contribution in [0, 0.1) is 0 Å². The van der Waals surface area contributed by atoms with Gasteiger partial charge in [-0.2, -0.15) is 0 Å². The molecule has 3 nitrogen and oxygen atoms in total. The van der Waals surface area contributed by atoms with E-state index in [4.69, 9.17) is 17.3 Å². The third-order valence-electron chi connectivity index (χ3n) is 2.85. The number of nitrogens with zero attached hydrogens (tertiary/aromatic N) is 2. The third kappa shape index (κ3) is 2.36. The molecule has 0 aromatic heterocycles. The average Bonchev–Trinajstić information content (AvgIpc) is 2.23. The summed E-state index contributed by atoms with van der Waals surface area (Å²) >= 11 is 6.00. The molecular formula is C11H16ClN3. The lowest BCUT2D eigenvalue weighted by molar-refractivity contribution is 0.313. The second kappa shape index (κ2) is 4.29. The molecular weight excluding hydrogens is 210 g/mol. The molecule has 1 aromatic carbocycles. The van der Waals surface area contributed by atoms with Crippen LogP contribution in [0.2, 0.25) is 5.02 Å². The quantitative estimate of drug-likeness (QED) is 0.739. The molecule has 1 saturated heterocycles. The summed E-state index contributed by atoms with van der Waals surface area (Å²) in [6.07, 6.45) is 0. The number of likely N-dealkylation sites (N-methyl/N-ethyl adjacent to an activating group) is 1. The standard InChI is InChI=1S/C11H16ClN3/c1-14-4-6-15(7-5-14)9-2-3-11(13)10(12)8-9/h2-3,8H,4-7,13H2,1H3. The van der Waals surface area contributed by atoms with Gasteiger partial charge in [0.2, 0.25) is 0 Å². The van der Waals surface area contributed by atoms with Crippen molar-refractivity contribution >= 4 is 23.0 Å². The van der Waals surface area contributed by atoms with Gasteiger partial charge in [0.25, 0.3) is 0 Å². The summed E-state index contributed by atoms with van der Waals surface area (Å²) in [5.74, 6) is 0. The molecule has 2 N–H and O–H groups in total. The van der Waals surface area contributed by atoms with Gasteiger partial charge in [0, 0.05) is 31.9 Å². The van der Waals surface area contributed by atoms with Crippen LogP contribution >= 0.6 is 11.6 Å². The van der Waals surface area contributed by atoms with Crippen LogP contribution in [0.15, 0.2) is 18.2 Å². The third-order valence-corrected chi connectivity index (χ3v) is 3.18. The first-order valence-corrected chi connectivity index (χ1v) is 5.53. The van der Waals surface area contributed by atoms with E-state index in [1.807, 2.05) is 18.2 Å². The lowest BCUT2D eigenvalue weighted by atomic mass is 10.2. The zero-order valence-corrected chi connectivity index (χ0v) is 9.67. The van der Waals surface area contributed by atoms with E-state index in [1.54, 1.807) is 0 Å². The normalized spacial score (nSPS) is 18.1. The largest absolute Gasteiger partial charge is 0.398 e. The van der Waals surface area contributed by atoms with E-state index in [0.29, 0.717) is 10.7 Å². The van der Waals surface area contributed by atoms with E-state index < -0.39 is 0 Å². The number of benzene rings is 1. The zero-order chi connectivity index (χ0) is 10.8. The fourth-order valence-electron chi connectivity index (χ4n) is 1.78. The molecule has 0 amide bonds. The van der Waals surface area contributed by atoms with E-state index in [9.17, 15) is 0 Å². The van der Waals surface area contributed by atoms with Crippen LogP contribution < -0.4 is 10.6 Å². The van der Waals surface area contributed by atoms with Crippen molar-refractivity contribution in [2.45, 2.75) is 0 Å². The van der Waals surface area contributed by atoms with E-state index in [0.717, 1.165) is 26.2 Å². The van der Waals surface area contributed by atoms with Crippen LogP contribution in [0.5, 0.6) is 0 Å². The Bertz CT molecular complexity index is 346. The Hall–Kier alpha value is -0.930. The Morgan fingerprint density at radius 3 is 2.47 bits per heavy atom. The van der Waals surface area contributed by atoms with Crippen molar-refractivity contribution in [1.29, 1.82) is 0 Å². The Balaban J connectivity index is 2.12. The molecule has 0 unspecified atom stereocenters. The summed E-state index contributed by atoms with van der Waals surface area (Å²) in [5.41, 5.74) is 7.50. The molecule has 1 aliphatic heterocycles. The minimum atomic E-state index is 0.645. The van der Waals surface area contributed by atoms with E-state index in [1.165, 1.54) is 5.69 Å². The number of halogens is 1. The number of nitrogens with two attached hydrogens (primary N) is 1. The number of nitrogen functional groups attached to an aromatic ring is 1. The predicted molar refractivity (Wildman–Crippen MR) is 65.6 cm³/mol. The molecule has 0 atom stereocenters. The van der Waals surface area contributed by atoms with Crippen LogP contribution in [0.4, 0.5) is 11.4 Å². The van der Waals surface area contributed by atoms with Crippen molar-refractivity contribution in [3.05, 3.63) is 23.2 Å². The monoisotopic (exact) mass is 225 g/mol. The molecule has 1 aliphatic rings. The molecule has 15 heavy (non-hydrogen) atoms. The van der Waals surface area contributed by atoms with Gasteiger partial charge < -0.3 is 15.5 Å². The molecule has 0 aliphatic carbocycles. The van der Waals surface area contributed by atoms with Gasteiger partial charge in [0.05, 0.1) is 10.7 Å². The maximum atomic E-state index is 6.00. The number of anilines is 2. The van der Waals surface area contributed by atoms with E-state index in [2.05, 4.69) is 16.8 Å². The van der Waals surface area contributed by atoms with E-state index >= 15 is 0 Å². The second-order valence-electron chi connectivity index (χ2n) is 4.00. The number of hydrogen-bond acceptors (Lipinski definition) is 3. The van der Waals surface area contributed by atoms with Crippen molar-refractivity contribution in [2.24, 2.45) is 0 Å². The second-order valence-corrected chi connectivity index (χ2v) is 4.40. The van der Waals surface area contributed by atoms with Crippen molar-refractivity contribution in [3.8, 4) is 0 Å². The Morgan fingerprint density at radius 1 is 1.20 bits per heavy atom. The van der Waals surface area contributed by atoms with Gasteiger partial charge in [-0.05, 0) is 25.2 Å². The molecule has 2 rings (SSSR count). The highest BCUT2D eigenvalue weighted by atomic mass is 35.5. The van der Waals surface area contributed by atoms with Crippen LogP contribution in [-0.2, 0) is 0 Å². The Labute approximate surface area is 95.4 Å². The van der Waals surface area contributed by atoms with Crippen molar-refractivity contribution < 1.29 is 0 Å². The highest BCUT2D eigenvalue weighted by Crippen LogP contribution is 2.25. The van der Waals surface area contributed by atoms with Gasteiger partial charge in [0.1, 0.15) is 0 Å². The maximum absolute atomic E-state index is 6.00. The van der Waals surface area contributed by atoms with Crippen LogP contribution in [0.25, 0.3) is 0 Å². The molecule has 4 heteroatoms. The summed E-state index contributed by atoms with van der Waals surface area (Å²) in [4.78, 5) is 4.67. The number of piperazine rings is 1. The molecule has 0 saturated carbocycles. The fourth-order valence-corrected chi connectivity index (χ4v) is 1.95. The lowest BCUT2D eigenvalue weighted by Gasteiger charge is -2.34. The van der Waals surface area contributed by atoms with Crippen LogP contribution in [0.1, 0.15) is 0 Å². The minimum absolute atomic E-state index is 0.645. The van der Waals surface area contributed by atoms with Crippen LogP contribution in [-0.4, -0.2) is 38.1 Å².